The van der Waals surface area contributed by atoms with Crippen molar-refractivity contribution >= 4 is 6.03 Å². The number of hydrogen-bond donors (Lipinski definition) is 4. The van der Waals surface area contributed by atoms with E-state index in [2.05, 4.69) is 26.4 Å². The first-order valence-corrected chi connectivity index (χ1v) is 7.41. The van der Waals surface area contributed by atoms with Crippen LogP contribution < -0.4 is 26.2 Å². The average molecular weight is 307 g/mol. The maximum Gasteiger partial charge on any atom is 0.315 e. The molecule has 4 N–H and O–H groups in total. The van der Waals surface area contributed by atoms with Crippen molar-refractivity contribution in [1.82, 2.24) is 26.4 Å². The Morgan fingerprint density at radius 2 is 2.05 bits per heavy atom. The maximum atomic E-state index is 12.0. The average Bonchev–Trinajstić information content (AvgIpc) is 3.00. The quantitative estimate of drug-likeness (QED) is 0.598. The van der Waals surface area contributed by atoms with Crippen LogP contribution in [0, 0.1) is 0 Å². The number of carbonyl (C=O) groups excluding carboxylic acids is 1. The van der Waals surface area contributed by atoms with Crippen LogP contribution >= 0.6 is 0 Å². The molecule has 1 saturated heterocycles. The summed E-state index contributed by atoms with van der Waals surface area (Å²) in [5.41, 5.74) is 7.02. The molecule has 1 fully saturated rings. The van der Waals surface area contributed by atoms with Gasteiger partial charge in [0.2, 0.25) is 0 Å². The number of methoxy groups -OCH3 is 1. The maximum absolute atomic E-state index is 12.0. The van der Waals surface area contributed by atoms with E-state index in [1.165, 1.54) is 0 Å². The normalized spacial score (nSPS) is 16.5. The number of nitrogens with zero attached hydrogens (tertiary/aromatic N) is 1. The van der Waals surface area contributed by atoms with Crippen LogP contribution in [0.5, 0.6) is 5.75 Å². The van der Waals surface area contributed by atoms with Crippen LogP contribution in [0.4, 0.5) is 4.79 Å². The molecular formula is C15H25N5O2. The molecule has 7 heteroatoms. The van der Waals surface area contributed by atoms with Crippen LogP contribution in [0.25, 0.3) is 0 Å². The van der Waals surface area contributed by atoms with Crippen molar-refractivity contribution in [2.45, 2.75) is 12.1 Å². The number of benzene rings is 1. The highest BCUT2D eigenvalue weighted by Gasteiger charge is 2.20. The molecule has 1 aliphatic rings. The molecule has 1 aromatic rings. The fourth-order valence-corrected chi connectivity index (χ4v) is 2.50. The van der Waals surface area contributed by atoms with Gasteiger partial charge in [0.15, 0.2) is 0 Å². The van der Waals surface area contributed by atoms with Crippen LogP contribution in [0.3, 0.4) is 0 Å². The number of likely N-dealkylation sites (N-methyl/N-ethyl adjacent to an activating group) is 1. The van der Waals surface area contributed by atoms with Crippen LogP contribution in [0.2, 0.25) is 0 Å². The highest BCUT2D eigenvalue weighted by Crippen LogP contribution is 2.27. The van der Waals surface area contributed by atoms with Gasteiger partial charge in [-0.2, -0.15) is 0 Å². The predicted molar refractivity (Wildman–Crippen MR) is 85.7 cm³/mol. The van der Waals surface area contributed by atoms with Crippen molar-refractivity contribution in [1.29, 1.82) is 0 Å². The van der Waals surface area contributed by atoms with Gasteiger partial charge in [-0.1, -0.05) is 18.2 Å². The van der Waals surface area contributed by atoms with E-state index in [-0.39, 0.29) is 18.1 Å². The van der Waals surface area contributed by atoms with Crippen molar-refractivity contribution in [3.63, 3.8) is 0 Å². The standard InChI is InChI=1S/C15H25N5O2/c1-20(2)13(12-6-4-5-7-14(12)22-3)10-16-15(21)19-11-8-17-18-9-11/h4-7,11,13,17-18H,8-10H2,1-3H3,(H2,16,19,21). The molecule has 2 amide bonds. The van der Waals surface area contributed by atoms with E-state index in [0.29, 0.717) is 6.54 Å². The second-order valence-corrected chi connectivity index (χ2v) is 5.53. The molecule has 0 radical (unpaired) electrons. The molecule has 22 heavy (non-hydrogen) atoms. The van der Waals surface area contributed by atoms with Crippen molar-refractivity contribution in [3.05, 3.63) is 29.8 Å². The van der Waals surface area contributed by atoms with E-state index in [1.54, 1.807) is 7.11 Å². The van der Waals surface area contributed by atoms with Crippen LogP contribution in [0.1, 0.15) is 11.6 Å². The number of para-hydroxylation sites is 1. The fourth-order valence-electron chi connectivity index (χ4n) is 2.50. The second-order valence-electron chi connectivity index (χ2n) is 5.53. The smallest absolute Gasteiger partial charge is 0.315 e. The van der Waals surface area contributed by atoms with Crippen LogP contribution in [-0.2, 0) is 0 Å². The summed E-state index contributed by atoms with van der Waals surface area (Å²) in [6, 6.07) is 7.87. The molecule has 1 heterocycles. The molecule has 1 atom stereocenters. The molecular weight excluding hydrogens is 282 g/mol. The lowest BCUT2D eigenvalue weighted by atomic mass is 10.0. The van der Waals surface area contributed by atoms with Crippen molar-refractivity contribution < 1.29 is 9.53 Å². The first kappa shape index (κ1) is 16.5. The molecule has 1 aliphatic heterocycles. The van der Waals surface area contributed by atoms with Gasteiger partial charge in [-0.3, -0.25) is 10.9 Å². The van der Waals surface area contributed by atoms with Gasteiger partial charge in [-0.15, -0.1) is 0 Å². The first-order valence-electron chi connectivity index (χ1n) is 7.41. The Kier molecular flexibility index (Phi) is 6.00. The van der Waals surface area contributed by atoms with E-state index in [0.717, 1.165) is 24.4 Å². The SMILES string of the molecule is COc1ccccc1C(CNC(=O)NC1CNNC1)N(C)C. The monoisotopic (exact) mass is 307 g/mol. The van der Waals surface area contributed by atoms with E-state index in [1.807, 2.05) is 38.4 Å². The Bertz CT molecular complexity index is 489. The number of ether oxygens (including phenoxy) is 1. The van der Waals surface area contributed by atoms with Crippen molar-refractivity contribution in [2.24, 2.45) is 0 Å². The van der Waals surface area contributed by atoms with E-state index in [9.17, 15) is 4.79 Å². The summed E-state index contributed by atoms with van der Waals surface area (Å²) < 4.78 is 5.42. The third-order valence-corrected chi connectivity index (χ3v) is 3.73. The molecule has 0 aliphatic carbocycles. The third-order valence-electron chi connectivity index (χ3n) is 3.73. The van der Waals surface area contributed by atoms with Gasteiger partial charge < -0.3 is 20.3 Å². The number of nitrogens with one attached hydrogen (secondary N) is 4. The second kappa shape index (κ2) is 7.98. The Morgan fingerprint density at radius 1 is 1.36 bits per heavy atom. The first-order chi connectivity index (χ1) is 10.6. The zero-order valence-corrected chi connectivity index (χ0v) is 13.3. The number of urea groups is 1. The molecule has 0 spiro atoms. The zero-order chi connectivity index (χ0) is 15.9. The zero-order valence-electron chi connectivity index (χ0n) is 13.3. The molecule has 1 unspecified atom stereocenters. The minimum absolute atomic E-state index is 0.0433. The minimum atomic E-state index is -0.155. The lowest BCUT2D eigenvalue weighted by Gasteiger charge is -2.26. The summed E-state index contributed by atoms with van der Waals surface area (Å²) in [6.45, 7) is 1.97. The molecule has 2 rings (SSSR count). The highest BCUT2D eigenvalue weighted by atomic mass is 16.5. The molecule has 1 aromatic carbocycles. The number of rotatable bonds is 6. The highest BCUT2D eigenvalue weighted by molar-refractivity contribution is 5.74. The molecule has 0 bridgehead atoms. The lowest BCUT2D eigenvalue weighted by Crippen LogP contribution is -2.46. The summed E-state index contributed by atoms with van der Waals surface area (Å²) in [6.07, 6.45) is 0. The van der Waals surface area contributed by atoms with Gasteiger partial charge in [-0.25, -0.2) is 4.79 Å². The van der Waals surface area contributed by atoms with Gasteiger partial charge in [0.05, 0.1) is 19.2 Å². The van der Waals surface area contributed by atoms with E-state index < -0.39 is 0 Å². The van der Waals surface area contributed by atoms with Crippen molar-refractivity contribution in [2.75, 3.05) is 40.8 Å². The Morgan fingerprint density at radius 3 is 2.68 bits per heavy atom. The molecule has 122 valence electrons. The largest absolute Gasteiger partial charge is 0.496 e. The summed E-state index contributed by atoms with van der Waals surface area (Å²) in [7, 11) is 5.63. The summed E-state index contributed by atoms with van der Waals surface area (Å²) in [5.74, 6) is 0.826. The van der Waals surface area contributed by atoms with Crippen molar-refractivity contribution in [3.8, 4) is 5.75 Å². The molecule has 7 nitrogen and oxygen atoms in total. The third kappa shape index (κ3) is 4.33. The Balaban J connectivity index is 1.95. The van der Waals surface area contributed by atoms with Crippen LogP contribution in [-0.4, -0.2) is 57.8 Å². The number of amides is 2. The van der Waals surface area contributed by atoms with Gasteiger partial charge in [-0.05, 0) is 20.2 Å². The summed E-state index contributed by atoms with van der Waals surface area (Å²) in [5, 5.41) is 5.87. The topological polar surface area (TPSA) is 77.7 Å². The summed E-state index contributed by atoms with van der Waals surface area (Å²) >= 11 is 0. The number of hydrogen-bond acceptors (Lipinski definition) is 5. The lowest BCUT2D eigenvalue weighted by molar-refractivity contribution is 0.229. The number of hydrazine groups is 1. The van der Waals surface area contributed by atoms with E-state index >= 15 is 0 Å². The van der Waals surface area contributed by atoms with Gasteiger partial charge >= 0.3 is 6.03 Å². The van der Waals surface area contributed by atoms with E-state index in [4.69, 9.17) is 4.74 Å². The number of carbonyl (C=O) groups is 1. The van der Waals surface area contributed by atoms with Gasteiger partial charge in [0.25, 0.3) is 0 Å². The Hall–Kier alpha value is -1.83. The van der Waals surface area contributed by atoms with Gasteiger partial charge in [0, 0.05) is 25.2 Å². The predicted octanol–water partition coefficient (Wildman–Crippen LogP) is 0.0735. The summed E-state index contributed by atoms with van der Waals surface area (Å²) in [4.78, 5) is 14.1. The molecule has 0 aromatic heterocycles. The van der Waals surface area contributed by atoms with Gasteiger partial charge in [0.1, 0.15) is 5.75 Å². The Labute approximate surface area is 131 Å². The minimum Gasteiger partial charge on any atom is -0.496 e. The molecule has 0 saturated carbocycles. The van der Waals surface area contributed by atoms with Crippen LogP contribution in [0.15, 0.2) is 24.3 Å². The fraction of sp³-hybridized carbons (Fsp3) is 0.533.